The van der Waals surface area contributed by atoms with Crippen LogP contribution in [0.15, 0.2) is 83.9 Å². The molecule has 0 bridgehead atoms. The van der Waals surface area contributed by atoms with Gasteiger partial charge in [-0.15, -0.1) is 0 Å². The van der Waals surface area contributed by atoms with E-state index in [4.69, 9.17) is 9.73 Å². The quantitative estimate of drug-likeness (QED) is 0.392. The molecular formula is C25H24N2O. The van der Waals surface area contributed by atoms with Crippen molar-refractivity contribution in [2.45, 2.75) is 12.8 Å². The van der Waals surface area contributed by atoms with Crippen LogP contribution in [0, 0.1) is 0 Å². The van der Waals surface area contributed by atoms with Crippen LogP contribution in [-0.2, 0) is 7.05 Å². The highest BCUT2D eigenvalue weighted by molar-refractivity contribution is 6.02. The molecule has 0 saturated heterocycles. The molecule has 3 aromatic carbocycles. The summed E-state index contributed by atoms with van der Waals surface area (Å²) in [5.74, 6) is 1.10. The van der Waals surface area contributed by atoms with Crippen LogP contribution in [0.1, 0.15) is 29.7 Å². The molecule has 0 aliphatic carbocycles. The van der Waals surface area contributed by atoms with Crippen molar-refractivity contribution in [3.63, 3.8) is 0 Å². The third kappa shape index (κ3) is 3.31. The van der Waals surface area contributed by atoms with Gasteiger partial charge in [0.25, 0.3) is 0 Å². The molecule has 0 aliphatic heterocycles. The number of aromatic nitrogens is 1. The van der Waals surface area contributed by atoms with Crippen molar-refractivity contribution in [3.05, 3.63) is 95.7 Å². The van der Waals surface area contributed by atoms with Crippen LogP contribution in [0.3, 0.4) is 0 Å². The molecule has 3 nitrogen and oxygen atoms in total. The van der Waals surface area contributed by atoms with Crippen LogP contribution in [0.2, 0.25) is 0 Å². The van der Waals surface area contributed by atoms with Crippen molar-refractivity contribution < 1.29 is 4.74 Å². The van der Waals surface area contributed by atoms with Crippen LogP contribution >= 0.6 is 0 Å². The van der Waals surface area contributed by atoms with Gasteiger partial charge in [-0.3, -0.25) is 4.99 Å². The molecule has 4 aromatic rings. The van der Waals surface area contributed by atoms with Gasteiger partial charge in [0.15, 0.2) is 0 Å². The van der Waals surface area contributed by atoms with Crippen LogP contribution in [-0.4, -0.2) is 17.9 Å². The Hall–Kier alpha value is -3.33. The van der Waals surface area contributed by atoms with Crippen LogP contribution in [0.25, 0.3) is 10.9 Å². The van der Waals surface area contributed by atoms with Gasteiger partial charge in [0.1, 0.15) is 5.75 Å². The number of ether oxygens (including phenoxy) is 1. The highest BCUT2D eigenvalue weighted by Gasteiger charge is 2.20. The minimum absolute atomic E-state index is 0.260. The Bertz CT molecular complexity index is 1110. The fourth-order valence-electron chi connectivity index (χ4n) is 3.81. The molecule has 3 heteroatoms. The van der Waals surface area contributed by atoms with E-state index < -0.39 is 0 Å². The Balaban J connectivity index is 1.83. The van der Waals surface area contributed by atoms with E-state index in [1.54, 1.807) is 7.11 Å². The lowest BCUT2D eigenvalue weighted by Gasteiger charge is -2.15. The van der Waals surface area contributed by atoms with Crippen molar-refractivity contribution >= 4 is 22.8 Å². The normalized spacial score (nSPS) is 12.5. The lowest BCUT2D eigenvalue weighted by Crippen LogP contribution is -2.05. The first-order valence-corrected chi connectivity index (χ1v) is 9.49. The SMILES string of the molecule is COc1ccc(N=Cc2c(C(C)c3ccccc3)n(C)c3ccccc23)cc1. The second-order valence-corrected chi connectivity index (χ2v) is 6.96. The Morgan fingerprint density at radius 1 is 0.893 bits per heavy atom. The maximum Gasteiger partial charge on any atom is 0.119 e. The molecule has 0 amide bonds. The van der Waals surface area contributed by atoms with Gasteiger partial charge in [0, 0.05) is 41.3 Å². The average Bonchev–Trinajstić information content (AvgIpc) is 3.04. The zero-order valence-electron chi connectivity index (χ0n) is 16.5. The molecule has 0 spiro atoms. The van der Waals surface area contributed by atoms with E-state index in [0.717, 1.165) is 11.4 Å². The predicted molar refractivity (Wildman–Crippen MR) is 117 cm³/mol. The zero-order chi connectivity index (χ0) is 19.5. The molecule has 0 aliphatic rings. The lowest BCUT2D eigenvalue weighted by molar-refractivity contribution is 0.415. The predicted octanol–water partition coefficient (Wildman–Crippen LogP) is 6.09. The fraction of sp³-hybridized carbons (Fsp3) is 0.160. The van der Waals surface area contributed by atoms with Gasteiger partial charge in [-0.2, -0.15) is 0 Å². The summed E-state index contributed by atoms with van der Waals surface area (Å²) < 4.78 is 7.53. The lowest BCUT2D eigenvalue weighted by atomic mass is 9.94. The number of aliphatic imine (C=N–C) groups is 1. The summed E-state index contributed by atoms with van der Waals surface area (Å²) in [4.78, 5) is 4.76. The molecule has 140 valence electrons. The number of para-hydroxylation sites is 1. The Morgan fingerprint density at radius 2 is 1.57 bits per heavy atom. The van der Waals surface area contributed by atoms with Gasteiger partial charge in [0.05, 0.1) is 12.8 Å². The van der Waals surface area contributed by atoms with E-state index in [9.17, 15) is 0 Å². The van der Waals surface area contributed by atoms with Gasteiger partial charge in [-0.05, 0) is 35.9 Å². The van der Waals surface area contributed by atoms with Gasteiger partial charge >= 0.3 is 0 Å². The topological polar surface area (TPSA) is 26.5 Å². The third-order valence-corrected chi connectivity index (χ3v) is 5.32. The van der Waals surface area contributed by atoms with Gasteiger partial charge < -0.3 is 9.30 Å². The number of hydrogen-bond donors (Lipinski definition) is 0. The minimum Gasteiger partial charge on any atom is -0.497 e. The summed E-state index contributed by atoms with van der Waals surface area (Å²) in [5.41, 5.74) is 5.87. The molecule has 1 unspecified atom stereocenters. The second-order valence-electron chi connectivity index (χ2n) is 6.96. The molecular weight excluding hydrogens is 344 g/mol. The number of rotatable bonds is 5. The van der Waals surface area contributed by atoms with E-state index in [0.29, 0.717) is 0 Å². The van der Waals surface area contributed by atoms with Crippen LogP contribution in [0.4, 0.5) is 5.69 Å². The minimum atomic E-state index is 0.260. The summed E-state index contributed by atoms with van der Waals surface area (Å²) in [6.07, 6.45) is 2.00. The molecule has 0 fully saturated rings. The standard InChI is InChI=1S/C25H24N2O/c1-18(19-9-5-4-6-10-19)25-23(22-11-7-8-12-24(22)27(25)2)17-26-20-13-15-21(28-3)16-14-20/h4-18H,1-3H3. The van der Waals surface area contributed by atoms with Gasteiger partial charge in [-0.1, -0.05) is 55.5 Å². The molecule has 1 aromatic heterocycles. The number of hydrogen-bond acceptors (Lipinski definition) is 2. The molecule has 4 rings (SSSR count). The first kappa shape index (κ1) is 18.1. The Labute approximate surface area is 165 Å². The van der Waals surface area contributed by atoms with E-state index in [2.05, 4.69) is 73.1 Å². The van der Waals surface area contributed by atoms with Crippen LogP contribution in [0.5, 0.6) is 5.75 Å². The first-order valence-electron chi connectivity index (χ1n) is 9.49. The first-order chi connectivity index (χ1) is 13.7. The molecule has 1 heterocycles. The van der Waals surface area contributed by atoms with E-state index in [1.807, 2.05) is 30.5 Å². The maximum atomic E-state index is 5.24. The summed E-state index contributed by atoms with van der Waals surface area (Å²) in [5, 5.41) is 1.22. The smallest absolute Gasteiger partial charge is 0.119 e. The van der Waals surface area contributed by atoms with Crippen LogP contribution < -0.4 is 4.74 Å². The van der Waals surface area contributed by atoms with Crippen molar-refractivity contribution in [2.75, 3.05) is 7.11 Å². The van der Waals surface area contributed by atoms with E-state index in [-0.39, 0.29) is 5.92 Å². The highest BCUT2D eigenvalue weighted by Crippen LogP contribution is 2.33. The van der Waals surface area contributed by atoms with Crippen molar-refractivity contribution in [1.82, 2.24) is 4.57 Å². The number of methoxy groups -OCH3 is 1. The fourth-order valence-corrected chi connectivity index (χ4v) is 3.81. The van der Waals surface area contributed by atoms with E-state index in [1.165, 1.54) is 27.7 Å². The van der Waals surface area contributed by atoms with Gasteiger partial charge in [-0.25, -0.2) is 0 Å². The summed E-state index contributed by atoms with van der Waals surface area (Å²) >= 11 is 0. The van der Waals surface area contributed by atoms with Gasteiger partial charge in [0.2, 0.25) is 0 Å². The van der Waals surface area contributed by atoms with E-state index >= 15 is 0 Å². The average molecular weight is 368 g/mol. The monoisotopic (exact) mass is 368 g/mol. The van der Waals surface area contributed by atoms with Crippen molar-refractivity contribution in [2.24, 2.45) is 12.0 Å². The second kappa shape index (κ2) is 7.73. The molecule has 0 saturated carbocycles. The highest BCUT2D eigenvalue weighted by atomic mass is 16.5. The number of fused-ring (bicyclic) bond motifs is 1. The summed E-state index contributed by atoms with van der Waals surface area (Å²) in [7, 11) is 3.81. The number of nitrogens with zero attached hydrogens (tertiary/aromatic N) is 2. The molecule has 28 heavy (non-hydrogen) atoms. The summed E-state index contributed by atoms with van der Waals surface area (Å²) in [6.45, 7) is 2.26. The Morgan fingerprint density at radius 3 is 2.29 bits per heavy atom. The van der Waals surface area contributed by atoms with Crippen molar-refractivity contribution in [1.29, 1.82) is 0 Å². The van der Waals surface area contributed by atoms with Crippen molar-refractivity contribution in [3.8, 4) is 5.75 Å². The molecule has 0 N–H and O–H groups in total. The third-order valence-electron chi connectivity index (χ3n) is 5.32. The number of benzene rings is 3. The molecule has 1 atom stereocenters. The Kier molecular flexibility index (Phi) is 4.98. The number of aryl methyl sites for hydroxylation is 1. The largest absolute Gasteiger partial charge is 0.497 e. The molecule has 0 radical (unpaired) electrons. The maximum absolute atomic E-state index is 5.24. The zero-order valence-corrected chi connectivity index (χ0v) is 16.5. The summed E-state index contributed by atoms with van der Waals surface area (Å²) in [6, 6.07) is 27.0.